The Morgan fingerprint density at radius 3 is 2.33 bits per heavy atom. The van der Waals surface area contributed by atoms with Crippen molar-refractivity contribution in [1.82, 2.24) is 16.2 Å². The summed E-state index contributed by atoms with van der Waals surface area (Å²) in [4.78, 5) is 0.598. The van der Waals surface area contributed by atoms with Crippen LogP contribution in [0, 0.1) is 0 Å². The lowest BCUT2D eigenvalue weighted by Gasteiger charge is -2.34. The molecule has 0 amide bonds. The number of benzene rings is 1. The highest BCUT2D eigenvalue weighted by Gasteiger charge is 2.32. The molecule has 0 saturated heterocycles. The number of nitrogens with one attached hydrogen (secondary N) is 3. The van der Waals surface area contributed by atoms with E-state index in [0.717, 1.165) is 31.2 Å². The van der Waals surface area contributed by atoms with Crippen LogP contribution in [0.4, 0.5) is 0 Å². The van der Waals surface area contributed by atoms with E-state index < -0.39 is 5.66 Å². The van der Waals surface area contributed by atoms with Crippen molar-refractivity contribution in [3.63, 3.8) is 0 Å². The van der Waals surface area contributed by atoms with Crippen LogP contribution in [-0.4, -0.2) is 21.8 Å². The van der Waals surface area contributed by atoms with Gasteiger partial charge in [-0.2, -0.15) is 10.2 Å². The molecule has 1 aliphatic rings. The van der Waals surface area contributed by atoms with Gasteiger partial charge in [0.25, 0.3) is 0 Å². The summed E-state index contributed by atoms with van der Waals surface area (Å²) in [7, 11) is 0. The number of hydrogen-bond acceptors (Lipinski definition) is 4. The second kappa shape index (κ2) is 9.03. The zero-order valence-electron chi connectivity index (χ0n) is 14.2. The van der Waals surface area contributed by atoms with Gasteiger partial charge in [-0.15, -0.1) is 0 Å². The first-order valence-corrected chi connectivity index (χ1v) is 9.18. The summed E-state index contributed by atoms with van der Waals surface area (Å²) in [6.45, 7) is 4.05. The van der Waals surface area contributed by atoms with Crippen molar-refractivity contribution in [3.8, 4) is 0 Å². The predicted molar refractivity (Wildman–Crippen MR) is 106 cm³/mol. The molecule has 1 aromatic rings. The van der Waals surface area contributed by atoms with Crippen molar-refractivity contribution in [2.45, 2.75) is 57.7 Å². The molecule has 0 bridgehead atoms. The van der Waals surface area contributed by atoms with Crippen molar-refractivity contribution in [1.29, 1.82) is 0 Å². The van der Waals surface area contributed by atoms with Crippen molar-refractivity contribution in [3.05, 3.63) is 35.9 Å². The third kappa shape index (κ3) is 5.79. The highest BCUT2D eigenvalue weighted by molar-refractivity contribution is 7.81. The fraction of sp³-hybridized carbons (Fsp3) is 0.529. The summed E-state index contributed by atoms with van der Waals surface area (Å²) >= 11 is 10.8. The van der Waals surface area contributed by atoms with Gasteiger partial charge in [0.2, 0.25) is 0 Å². The minimum atomic E-state index is -0.400. The number of nitrogens with zero attached hydrogens (tertiary/aromatic N) is 2. The van der Waals surface area contributed by atoms with Crippen LogP contribution in [0.25, 0.3) is 0 Å². The Morgan fingerprint density at radius 1 is 1.04 bits per heavy atom. The molecular formula is C17H25N5S2. The lowest BCUT2D eigenvalue weighted by atomic mass is 9.90. The van der Waals surface area contributed by atoms with E-state index in [1.807, 2.05) is 44.2 Å². The Labute approximate surface area is 154 Å². The molecule has 2 rings (SSSR count). The Bertz CT molecular complexity index is 580. The van der Waals surface area contributed by atoms with Crippen molar-refractivity contribution < 1.29 is 0 Å². The smallest absolute Gasteiger partial charge is 0.187 e. The summed E-state index contributed by atoms with van der Waals surface area (Å²) in [5, 5.41) is 12.7. The Hall–Kier alpha value is -1.60. The van der Waals surface area contributed by atoms with E-state index >= 15 is 0 Å². The van der Waals surface area contributed by atoms with Gasteiger partial charge < -0.3 is 5.32 Å². The quantitative estimate of drug-likeness (QED) is 0.431. The van der Waals surface area contributed by atoms with Crippen LogP contribution >= 0.6 is 24.4 Å². The number of hydrogen-bond donors (Lipinski definition) is 3. The minimum absolute atomic E-state index is 0.177. The molecule has 0 aliphatic heterocycles. The summed E-state index contributed by atoms with van der Waals surface area (Å²) in [6, 6.07) is 9.93. The van der Waals surface area contributed by atoms with E-state index in [9.17, 15) is 0 Å². The Kier molecular flexibility index (Phi) is 7.05. The molecule has 1 aromatic carbocycles. The normalized spacial score (nSPS) is 16.8. The van der Waals surface area contributed by atoms with Gasteiger partial charge in [0.1, 0.15) is 4.99 Å². The molecule has 0 atom stereocenters. The molecule has 1 fully saturated rings. The van der Waals surface area contributed by atoms with Crippen LogP contribution in [0.3, 0.4) is 0 Å². The van der Waals surface area contributed by atoms with Crippen LogP contribution in [0.1, 0.15) is 51.5 Å². The van der Waals surface area contributed by atoms with E-state index in [1.165, 1.54) is 6.42 Å². The first-order chi connectivity index (χ1) is 11.5. The lowest BCUT2D eigenvalue weighted by molar-refractivity contribution is 0.260. The van der Waals surface area contributed by atoms with Gasteiger partial charge in [0, 0.05) is 5.56 Å². The van der Waals surface area contributed by atoms with Gasteiger partial charge in [-0.1, -0.05) is 49.0 Å². The van der Waals surface area contributed by atoms with Gasteiger partial charge >= 0.3 is 0 Å². The zero-order valence-corrected chi connectivity index (χ0v) is 15.8. The maximum absolute atomic E-state index is 5.41. The van der Waals surface area contributed by atoms with E-state index in [-0.39, 0.29) is 6.04 Å². The van der Waals surface area contributed by atoms with Crippen LogP contribution in [0.2, 0.25) is 0 Å². The number of azo groups is 1. The van der Waals surface area contributed by atoms with Crippen LogP contribution in [0.5, 0.6) is 0 Å². The molecule has 1 saturated carbocycles. The van der Waals surface area contributed by atoms with Crippen molar-refractivity contribution in [2.24, 2.45) is 10.2 Å². The number of hydrazine groups is 1. The van der Waals surface area contributed by atoms with Gasteiger partial charge in [0.15, 0.2) is 10.8 Å². The van der Waals surface area contributed by atoms with Gasteiger partial charge in [-0.25, -0.2) is 0 Å². The average molecular weight is 364 g/mol. The topological polar surface area (TPSA) is 60.8 Å². The molecule has 24 heavy (non-hydrogen) atoms. The summed E-state index contributed by atoms with van der Waals surface area (Å²) in [5.41, 5.74) is 6.48. The summed E-state index contributed by atoms with van der Waals surface area (Å²) < 4.78 is 0. The molecule has 130 valence electrons. The Balaban J connectivity index is 1.92. The predicted octanol–water partition coefficient (Wildman–Crippen LogP) is 3.85. The summed E-state index contributed by atoms with van der Waals surface area (Å²) in [5.74, 6) is 0. The molecule has 0 spiro atoms. The van der Waals surface area contributed by atoms with Crippen molar-refractivity contribution >= 4 is 34.5 Å². The second-order valence-corrected chi connectivity index (χ2v) is 7.12. The molecular weight excluding hydrogens is 338 g/mol. The van der Waals surface area contributed by atoms with Gasteiger partial charge in [0.05, 0.1) is 6.04 Å². The lowest BCUT2D eigenvalue weighted by Crippen LogP contribution is -2.55. The third-order valence-corrected chi connectivity index (χ3v) is 4.37. The number of thiocarbonyl (C=S) groups is 2. The Morgan fingerprint density at radius 2 is 1.71 bits per heavy atom. The second-order valence-electron chi connectivity index (χ2n) is 6.30. The molecule has 5 nitrogen and oxygen atoms in total. The first kappa shape index (κ1) is 18.7. The monoisotopic (exact) mass is 363 g/mol. The summed E-state index contributed by atoms with van der Waals surface area (Å²) in [6.07, 6.45) is 5.37. The van der Waals surface area contributed by atoms with Crippen LogP contribution in [-0.2, 0) is 0 Å². The highest BCUT2D eigenvalue weighted by atomic mass is 32.1. The van der Waals surface area contributed by atoms with Gasteiger partial charge in [-0.3, -0.25) is 10.9 Å². The largest absolute Gasteiger partial charge is 0.336 e. The van der Waals surface area contributed by atoms with E-state index in [4.69, 9.17) is 24.4 Å². The number of rotatable bonds is 4. The SMILES string of the molecule is CC(C)N=NC1(NC(=S)NNC(=S)c2ccccc2)CCCCC1. The highest BCUT2D eigenvalue weighted by Crippen LogP contribution is 2.29. The first-order valence-electron chi connectivity index (χ1n) is 8.36. The maximum atomic E-state index is 5.41. The third-order valence-electron chi connectivity index (χ3n) is 3.83. The molecule has 7 heteroatoms. The fourth-order valence-electron chi connectivity index (χ4n) is 2.63. The molecule has 1 aliphatic carbocycles. The molecule has 0 unspecified atom stereocenters. The molecule has 0 aromatic heterocycles. The zero-order chi connectivity index (χ0) is 17.4. The minimum Gasteiger partial charge on any atom is -0.336 e. The van der Waals surface area contributed by atoms with E-state index in [0.29, 0.717) is 10.1 Å². The maximum Gasteiger partial charge on any atom is 0.187 e. The van der Waals surface area contributed by atoms with E-state index in [2.05, 4.69) is 26.4 Å². The fourth-order valence-corrected chi connectivity index (χ4v) is 3.06. The standard InChI is InChI=1S/C17H25N5S2/c1-13(2)19-22-17(11-7-4-8-12-17)18-16(24)21-20-15(23)14-9-5-3-6-10-14/h3,5-6,9-10,13H,4,7-8,11-12H2,1-2H3,(H,20,23)(H2,18,21,24). The molecule has 0 heterocycles. The molecule has 3 N–H and O–H groups in total. The van der Waals surface area contributed by atoms with Crippen LogP contribution in [0.15, 0.2) is 40.6 Å². The van der Waals surface area contributed by atoms with Crippen LogP contribution < -0.4 is 16.2 Å². The van der Waals surface area contributed by atoms with Gasteiger partial charge in [-0.05, 0) is 51.7 Å². The average Bonchev–Trinajstić information content (AvgIpc) is 2.59. The van der Waals surface area contributed by atoms with E-state index in [1.54, 1.807) is 0 Å². The molecule has 0 radical (unpaired) electrons. The van der Waals surface area contributed by atoms with Crippen molar-refractivity contribution in [2.75, 3.05) is 0 Å².